The molecule has 1 heterocycles. The van der Waals surface area contributed by atoms with E-state index in [9.17, 15) is 4.79 Å². The number of aldehydes is 1. The van der Waals surface area contributed by atoms with Crippen molar-refractivity contribution in [3.63, 3.8) is 0 Å². The van der Waals surface area contributed by atoms with Crippen molar-refractivity contribution in [1.29, 1.82) is 0 Å². The van der Waals surface area contributed by atoms with Crippen LogP contribution in [0.1, 0.15) is 49.2 Å². The Labute approximate surface area is 132 Å². The fraction of sp³-hybridized carbons (Fsp3) is 0.471. The largest absolute Gasteiger partial charge is 0.491 e. The number of nitrogens with two attached hydrogens (primary N) is 1. The number of rotatable bonds is 4. The van der Waals surface area contributed by atoms with Crippen molar-refractivity contribution in [2.75, 3.05) is 6.54 Å². The molecular weight excluding hydrogens is 277 g/mol. The third kappa shape index (κ3) is 3.17. The fourth-order valence-corrected chi connectivity index (χ4v) is 2.31. The van der Waals surface area contributed by atoms with Gasteiger partial charge in [-0.3, -0.25) is 4.79 Å². The van der Waals surface area contributed by atoms with E-state index < -0.39 is 18.3 Å². The molecular formula is C17H24BNO3. The minimum absolute atomic E-state index is 0.335. The van der Waals surface area contributed by atoms with Crippen molar-refractivity contribution >= 4 is 19.5 Å². The Bertz CT molecular complexity index is 592. The van der Waals surface area contributed by atoms with Crippen molar-refractivity contribution in [1.82, 2.24) is 0 Å². The maximum atomic E-state index is 11.0. The molecule has 4 nitrogen and oxygen atoms in total. The summed E-state index contributed by atoms with van der Waals surface area (Å²) in [5, 5.41) is 0. The first-order valence-corrected chi connectivity index (χ1v) is 7.52. The molecule has 5 heteroatoms. The van der Waals surface area contributed by atoms with Crippen LogP contribution in [-0.4, -0.2) is 31.2 Å². The van der Waals surface area contributed by atoms with Crippen molar-refractivity contribution in [3.8, 4) is 0 Å². The molecule has 1 saturated heterocycles. The molecule has 1 aliphatic heterocycles. The molecule has 0 aliphatic carbocycles. The zero-order valence-electron chi connectivity index (χ0n) is 14.0. The minimum Gasteiger partial charge on any atom is -0.400 e. The minimum atomic E-state index is -0.464. The molecule has 2 rings (SSSR count). The smallest absolute Gasteiger partial charge is 0.400 e. The van der Waals surface area contributed by atoms with Crippen molar-refractivity contribution in [2.45, 2.75) is 45.8 Å². The number of carbonyl (C=O) groups is 1. The van der Waals surface area contributed by atoms with Crippen LogP contribution in [0.25, 0.3) is 6.08 Å². The Morgan fingerprint density at radius 3 is 2.32 bits per heavy atom. The van der Waals surface area contributed by atoms with Gasteiger partial charge in [-0.1, -0.05) is 18.2 Å². The maximum Gasteiger partial charge on any atom is 0.491 e. The van der Waals surface area contributed by atoms with E-state index in [2.05, 4.69) is 0 Å². The molecule has 0 saturated carbocycles. The second kappa shape index (κ2) is 5.99. The van der Waals surface area contributed by atoms with Gasteiger partial charge in [-0.2, -0.15) is 0 Å². The summed E-state index contributed by atoms with van der Waals surface area (Å²) in [5.41, 5.74) is 8.65. The number of hydrogen-bond donors (Lipinski definition) is 1. The summed E-state index contributed by atoms with van der Waals surface area (Å²) in [6, 6.07) is 5.58. The van der Waals surface area contributed by atoms with Crippen LogP contribution in [0.3, 0.4) is 0 Å². The monoisotopic (exact) mass is 301 g/mol. The van der Waals surface area contributed by atoms with Gasteiger partial charge in [0.2, 0.25) is 0 Å². The van der Waals surface area contributed by atoms with Gasteiger partial charge in [-0.15, -0.1) is 0 Å². The summed E-state index contributed by atoms with van der Waals surface area (Å²) in [7, 11) is -0.464. The number of benzene rings is 1. The lowest BCUT2D eigenvalue weighted by molar-refractivity contribution is 0.00578. The van der Waals surface area contributed by atoms with E-state index in [4.69, 9.17) is 15.0 Å². The topological polar surface area (TPSA) is 61.6 Å². The lowest BCUT2D eigenvalue weighted by atomic mass is 9.76. The summed E-state index contributed by atoms with van der Waals surface area (Å²) < 4.78 is 12.1. The zero-order valence-corrected chi connectivity index (χ0v) is 14.0. The summed E-state index contributed by atoms with van der Waals surface area (Å²) in [4.78, 5) is 11.0. The van der Waals surface area contributed by atoms with Crippen molar-refractivity contribution in [2.24, 2.45) is 5.73 Å². The molecule has 118 valence electrons. The predicted octanol–water partition coefficient (Wildman–Crippen LogP) is 2.78. The Morgan fingerprint density at radius 1 is 1.23 bits per heavy atom. The second-order valence-electron chi connectivity index (χ2n) is 6.75. The molecule has 1 aromatic rings. The molecule has 1 fully saturated rings. The summed E-state index contributed by atoms with van der Waals surface area (Å²) in [5.74, 6) is 0. The maximum absolute atomic E-state index is 11.0. The van der Waals surface area contributed by atoms with Crippen LogP contribution in [0.5, 0.6) is 0 Å². The van der Waals surface area contributed by atoms with E-state index in [-0.39, 0.29) is 0 Å². The van der Waals surface area contributed by atoms with E-state index >= 15 is 0 Å². The Morgan fingerprint density at radius 2 is 1.82 bits per heavy atom. The molecule has 0 unspecified atom stereocenters. The van der Waals surface area contributed by atoms with Gasteiger partial charge in [-0.05, 0) is 57.3 Å². The first-order valence-electron chi connectivity index (χ1n) is 7.52. The standard InChI is InChI=1S/C17H24BNO3/c1-12-6-7-13(11-20)8-14(12)9-15(10-19)18-21-16(2,3)17(4,5)22-18/h6-9,11H,10,19H2,1-5H3. The van der Waals surface area contributed by atoms with Gasteiger partial charge >= 0.3 is 7.12 Å². The van der Waals surface area contributed by atoms with Crippen LogP contribution in [0.15, 0.2) is 23.7 Å². The van der Waals surface area contributed by atoms with Crippen LogP contribution in [0.4, 0.5) is 0 Å². The highest BCUT2D eigenvalue weighted by atomic mass is 16.7. The average Bonchev–Trinajstić information content (AvgIpc) is 2.66. The quantitative estimate of drug-likeness (QED) is 0.686. The molecule has 0 radical (unpaired) electrons. The van der Waals surface area contributed by atoms with Crippen LogP contribution in [0.2, 0.25) is 0 Å². The lowest BCUT2D eigenvalue weighted by Gasteiger charge is -2.32. The van der Waals surface area contributed by atoms with Crippen LogP contribution < -0.4 is 5.73 Å². The fourth-order valence-electron chi connectivity index (χ4n) is 2.31. The van der Waals surface area contributed by atoms with E-state index in [1.165, 1.54) is 0 Å². The van der Waals surface area contributed by atoms with E-state index in [1.54, 1.807) is 6.07 Å². The van der Waals surface area contributed by atoms with E-state index in [1.807, 2.05) is 52.8 Å². The van der Waals surface area contributed by atoms with Crippen LogP contribution in [0, 0.1) is 6.92 Å². The molecule has 1 aliphatic rings. The second-order valence-corrected chi connectivity index (χ2v) is 6.75. The Hall–Kier alpha value is -1.43. The predicted molar refractivity (Wildman–Crippen MR) is 89.7 cm³/mol. The molecule has 0 atom stereocenters. The molecule has 1 aromatic carbocycles. The number of carbonyl (C=O) groups excluding carboxylic acids is 1. The molecule has 0 aromatic heterocycles. The zero-order chi connectivity index (χ0) is 16.5. The lowest BCUT2D eigenvalue weighted by Crippen LogP contribution is -2.41. The third-order valence-corrected chi connectivity index (χ3v) is 4.57. The SMILES string of the molecule is Cc1ccc(C=O)cc1C=C(CN)B1OC(C)(C)C(C)(C)O1. The average molecular weight is 301 g/mol. The van der Waals surface area contributed by atoms with Gasteiger partial charge in [0.25, 0.3) is 0 Å². The first-order chi connectivity index (χ1) is 10.2. The van der Waals surface area contributed by atoms with Crippen molar-refractivity contribution < 1.29 is 14.1 Å². The molecule has 0 spiro atoms. The number of hydrogen-bond acceptors (Lipinski definition) is 4. The van der Waals surface area contributed by atoms with E-state index in [0.29, 0.717) is 12.1 Å². The van der Waals surface area contributed by atoms with Gasteiger partial charge in [0.05, 0.1) is 11.2 Å². The van der Waals surface area contributed by atoms with Gasteiger partial charge in [-0.25, -0.2) is 0 Å². The van der Waals surface area contributed by atoms with Gasteiger partial charge < -0.3 is 15.0 Å². The summed E-state index contributed by atoms with van der Waals surface area (Å²) >= 11 is 0. The van der Waals surface area contributed by atoms with Crippen molar-refractivity contribution in [3.05, 3.63) is 40.4 Å². The highest BCUT2D eigenvalue weighted by Crippen LogP contribution is 2.38. The Balaban J connectivity index is 2.35. The van der Waals surface area contributed by atoms with Gasteiger partial charge in [0, 0.05) is 12.1 Å². The normalized spacial score (nSPS) is 20.3. The van der Waals surface area contributed by atoms with Crippen LogP contribution in [-0.2, 0) is 9.31 Å². The molecule has 0 bridgehead atoms. The first kappa shape index (κ1) is 16.9. The van der Waals surface area contributed by atoms with E-state index in [0.717, 1.165) is 22.9 Å². The highest BCUT2D eigenvalue weighted by Gasteiger charge is 2.52. The van der Waals surface area contributed by atoms with Crippen LogP contribution >= 0.6 is 0 Å². The van der Waals surface area contributed by atoms with Gasteiger partial charge in [0.15, 0.2) is 0 Å². The Kier molecular flexibility index (Phi) is 4.61. The summed E-state index contributed by atoms with van der Waals surface area (Å²) in [6.45, 7) is 10.4. The molecule has 2 N–H and O–H groups in total. The third-order valence-electron chi connectivity index (χ3n) is 4.57. The molecule has 0 amide bonds. The molecule has 22 heavy (non-hydrogen) atoms. The summed E-state index contributed by atoms with van der Waals surface area (Å²) in [6.07, 6.45) is 2.80. The van der Waals surface area contributed by atoms with Gasteiger partial charge in [0.1, 0.15) is 6.29 Å². The number of aryl methyl sites for hydroxylation is 1. The highest BCUT2D eigenvalue weighted by molar-refractivity contribution is 6.55.